The molecule has 0 bridgehead atoms. The van der Waals surface area contributed by atoms with Gasteiger partial charge in [-0.2, -0.15) is 5.10 Å². The van der Waals surface area contributed by atoms with Gasteiger partial charge in [0.25, 0.3) is 0 Å². The van der Waals surface area contributed by atoms with Crippen molar-refractivity contribution in [3.63, 3.8) is 0 Å². The number of hydrogen-bond donors (Lipinski definition) is 1. The maximum atomic E-state index is 6.07. The molecule has 0 fully saturated rings. The van der Waals surface area contributed by atoms with Crippen LogP contribution < -0.4 is 14.9 Å². The van der Waals surface area contributed by atoms with Gasteiger partial charge in [-0.25, -0.2) is 4.98 Å². The number of hydrazone groups is 1. The topological polar surface area (TPSA) is 60.7 Å². The molecule has 0 aliphatic heterocycles. The molecule has 0 aliphatic rings. The Bertz CT molecular complexity index is 1470. The summed E-state index contributed by atoms with van der Waals surface area (Å²) < 4.78 is 14.9. The van der Waals surface area contributed by atoms with Crippen molar-refractivity contribution in [2.45, 2.75) is 13.0 Å². The van der Waals surface area contributed by atoms with Gasteiger partial charge < -0.3 is 14.0 Å². The van der Waals surface area contributed by atoms with Crippen LogP contribution in [-0.2, 0) is 13.0 Å². The van der Waals surface area contributed by atoms with Crippen molar-refractivity contribution in [2.24, 2.45) is 5.10 Å². The van der Waals surface area contributed by atoms with Crippen molar-refractivity contribution in [3.8, 4) is 11.5 Å². The Balaban J connectivity index is 1.29. The van der Waals surface area contributed by atoms with Crippen LogP contribution in [0.1, 0.15) is 11.1 Å². The Kier molecular flexibility index (Phi) is 6.77. The number of allylic oxidation sites excluding steroid dienone is 1. The third-order valence-electron chi connectivity index (χ3n) is 5.67. The predicted octanol–water partition coefficient (Wildman–Crippen LogP) is 6.51. The van der Waals surface area contributed by atoms with E-state index < -0.39 is 0 Å². The first-order valence-electron chi connectivity index (χ1n) is 11.4. The summed E-state index contributed by atoms with van der Waals surface area (Å²) in [5, 5.41) is 6.35. The summed E-state index contributed by atoms with van der Waals surface area (Å²) in [6.45, 7) is 5.00. The molecule has 0 saturated heterocycles. The number of fused-ring (bicyclic) bond motifs is 2. The van der Waals surface area contributed by atoms with E-state index >= 15 is 0 Å². The maximum absolute atomic E-state index is 6.07. The number of ether oxygens (including phenoxy) is 2. The van der Waals surface area contributed by atoms with Crippen LogP contribution in [0.15, 0.2) is 90.7 Å². The largest absolute Gasteiger partial charge is 0.493 e. The van der Waals surface area contributed by atoms with Crippen molar-refractivity contribution in [1.29, 1.82) is 0 Å². The number of nitrogens with one attached hydrogen (secondary N) is 1. The molecule has 35 heavy (non-hydrogen) atoms. The summed E-state index contributed by atoms with van der Waals surface area (Å²) >= 11 is 1.58. The average Bonchev–Trinajstić information content (AvgIpc) is 3.46. The number of thiazole rings is 1. The van der Waals surface area contributed by atoms with Crippen molar-refractivity contribution >= 4 is 43.8 Å². The predicted molar refractivity (Wildman–Crippen MR) is 145 cm³/mol. The lowest BCUT2D eigenvalue weighted by Gasteiger charge is -2.12. The fraction of sp³-hybridized carbons (Fsp3) is 0.143. The first-order valence-corrected chi connectivity index (χ1v) is 12.2. The first-order chi connectivity index (χ1) is 17.2. The zero-order chi connectivity index (χ0) is 24.0. The fourth-order valence-corrected chi connectivity index (χ4v) is 4.83. The number of anilines is 1. The highest BCUT2D eigenvalue weighted by Gasteiger charge is 2.09. The molecule has 5 rings (SSSR count). The highest BCUT2D eigenvalue weighted by Crippen LogP contribution is 2.29. The SMILES string of the molecule is C=CCc1ccc(OCCn2cc(C=NNc3nc4ccccc4s3)c3ccccc32)c(OC)c1. The van der Waals surface area contributed by atoms with E-state index in [2.05, 4.69) is 51.1 Å². The molecule has 2 heterocycles. The molecule has 0 saturated carbocycles. The lowest BCUT2D eigenvalue weighted by Crippen LogP contribution is -2.08. The highest BCUT2D eigenvalue weighted by molar-refractivity contribution is 7.22. The van der Waals surface area contributed by atoms with Crippen LogP contribution in [0.4, 0.5) is 5.13 Å². The molecule has 7 heteroatoms. The van der Waals surface area contributed by atoms with Crippen LogP contribution in [0.3, 0.4) is 0 Å². The van der Waals surface area contributed by atoms with Gasteiger partial charge in [0.15, 0.2) is 11.5 Å². The molecule has 0 radical (unpaired) electrons. The van der Waals surface area contributed by atoms with Crippen LogP contribution in [0.5, 0.6) is 11.5 Å². The van der Waals surface area contributed by atoms with E-state index in [1.165, 1.54) is 0 Å². The summed E-state index contributed by atoms with van der Waals surface area (Å²) in [5.41, 5.74) is 7.34. The monoisotopic (exact) mass is 482 g/mol. The Labute approximate surface area is 208 Å². The number of nitrogens with zero attached hydrogens (tertiary/aromatic N) is 3. The second-order valence-corrected chi connectivity index (χ2v) is 9.01. The van der Waals surface area contributed by atoms with Gasteiger partial charge in [-0.15, -0.1) is 6.58 Å². The fourth-order valence-electron chi connectivity index (χ4n) is 4.02. The van der Waals surface area contributed by atoms with Gasteiger partial charge >= 0.3 is 0 Å². The van der Waals surface area contributed by atoms with Crippen molar-refractivity contribution in [1.82, 2.24) is 9.55 Å². The van der Waals surface area contributed by atoms with E-state index in [1.54, 1.807) is 18.4 Å². The van der Waals surface area contributed by atoms with Gasteiger partial charge in [0.2, 0.25) is 5.13 Å². The van der Waals surface area contributed by atoms with E-state index in [4.69, 9.17) is 9.47 Å². The minimum absolute atomic E-state index is 0.510. The Morgan fingerprint density at radius 3 is 2.80 bits per heavy atom. The van der Waals surface area contributed by atoms with E-state index in [9.17, 15) is 0 Å². The van der Waals surface area contributed by atoms with Crippen molar-refractivity contribution in [3.05, 3.63) is 96.7 Å². The van der Waals surface area contributed by atoms with Crippen LogP contribution in [0, 0.1) is 0 Å². The summed E-state index contributed by atoms with van der Waals surface area (Å²) in [6, 6.07) is 22.3. The number of methoxy groups -OCH3 is 1. The lowest BCUT2D eigenvalue weighted by atomic mass is 10.1. The number of aromatic nitrogens is 2. The summed E-state index contributed by atoms with van der Waals surface area (Å²) in [6.07, 6.45) is 6.61. The van der Waals surface area contributed by atoms with Gasteiger partial charge in [-0.3, -0.25) is 5.43 Å². The second kappa shape index (κ2) is 10.4. The molecule has 0 unspecified atom stereocenters. The zero-order valence-electron chi connectivity index (χ0n) is 19.5. The highest BCUT2D eigenvalue weighted by atomic mass is 32.1. The molecule has 0 spiro atoms. The third-order valence-corrected chi connectivity index (χ3v) is 6.62. The van der Waals surface area contributed by atoms with E-state index in [0.29, 0.717) is 13.2 Å². The normalized spacial score (nSPS) is 11.3. The van der Waals surface area contributed by atoms with E-state index in [1.807, 2.05) is 60.8 Å². The van der Waals surface area contributed by atoms with Crippen LogP contribution in [-0.4, -0.2) is 29.5 Å². The standard InChI is InChI=1S/C28H26N4O2S/c1-3-8-20-13-14-25(26(17-20)33-2)34-16-15-32-19-21(22-9-4-6-11-24(22)32)18-29-31-28-30-23-10-5-7-12-27(23)35-28/h3-7,9-14,17-19H,1,8,15-16H2,2H3,(H,30,31). The van der Waals surface area contributed by atoms with Gasteiger partial charge in [-0.1, -0.05) is 53.8 Å². The number of benzene rings is 3. The Morgan fingerprint density at radius 1 is 1.09 bits per heavy atom. The van der Waals surface area contributed by atoms with Gasteiger partial charge in [-0.05, 0) is 42.3 Å². The van der Waals surface area contributed by atoms with Crippen molar-refractivity contribution < 1.29 is 9.47 Å². The minimum atomic E-state index is 0.510. The summed E-state index contributed by atoms with van der Waals surface area (Å²) in [7, 11) is 1.66. The maximum Gasteiger partial charge on any atom is 0.204 e. The quantitative estimate of drug-likeness (QED) is 0.140. The van der Waals surface area contributed by atoms with Crippen molar-refractivity contribution in [2.75, 3.05) is 19.1 Å². The Morgan fingerprint density at radius 2 is 1.94 bits per heavy atom. The molecule has 0 amide bonds. The summed E-state index contributed by atoms with van der Waals surface area (Å²) in [4.78, 5) is 4.57. The van der Waals surface area contributed by atoms with Crippen LogP contribution >= 0.6 is 11.3 Å². The second-order valence-electron chi connectivity index (χ2n) is 7.98. The van der Waals surface area contributed by atoms with Gasteiger partial charge in [0.05, 0.1) is 30.1 Å². The molecular weight excluding hydrogens is 456 g/mol. The van der Waals surface area contributed by atoms with E-state index in [0.717, 1.165) is 55.3 Å². The molecule has 0 atom stereocenters. The Hall–Kier alpha value is -4.10. The molecule has 176 valence electrons. The molecule has 1 N–H and O–H groups in total. The number of rotatable bonds is 10. The molecule has 3 aromatic carbocycles. The molecule has 2 aromatic heterocycles. The first kappa shape index (κ1) is 22.7. The molecule has 5 aromatic rings. The third kappa shape index (κ3) is 5.05. The molecule has 0 aliphatic carbocycles. The number of hydrogen-bond acceptors (Lipinski definition) is 6. The van der Waals surface area contributed by atoms with Crippen LogP contribution in [0.25, 0.3) is 21.1 Å². The zero-order valence-corrected chi connectivity index (χ0v) is 20.3. The average molecular weight is 483 g/mol. The van der Waals surface area contributed by atoms with Gasteiger partial charge in [0.1, 0.15) is 6.61 Å². The van der Waals surface area contributed by atoms with Gasteiger partial charge in [0, 0.05) is 22.7 Å². The van der Waals surface area contributed by atoms with Crippen LogP contribution in [0.2, 0.25) is 0 Å². The lowest BCUT2D eigenvalue weighted by molar-refractivity contribution is 0.281. The smallest absolute Gasteiger partial charge is 0.204 e. The summed E-state index contributed by atoms with van der Waals surface area (Å²) in [5.74, 6) is 1.47. The minimum Gasteiger partial charge on any atom is -0.493 e. The molecule has 6 nitrogen and oxygen atoms in total. The van der Waals surface area contributed by atoms with E-state index in [-0.39, 0.29) is 0 Å². The molecular formula is C28H26N4O2S. The number of para-hydroxylation sites is 2.